The number of allylic oxidation sites excluding steroid dienone is 1. The zero-order valence-electron chi connectivity index (χ0n) is 22.6. The van der Waals surface area contributed by atoms with Crippen LogP contribution in [0.4, 0.5) is 0 Å². The predicted octanol–water partition coefficient (Wildman–Crippen LogP) is 5.83. The Labute approximate surface area is 216 Å². The summed E-state index contributed by atoms with van der Waals surface area (Å²) in [6.07, 6.45) is 15.1. The summed E-state index contributed by atoms with van der Waals surface area (Å²) >= 11 is 0. The van der Waals surface area contributed by atoms with Crippen LogP contribution in [-0.4, -0.2) is 47.8 Å². The van der Waals surface area contributed by atoms with Crippen LogP contribution in [0.15, 0.2) is 34.7 Å². The summed E-state index contributed by atoms with van der Waals surface area (Å²) in [7, 11) is 1.57. The lowest BCUT2D eigenvalue weighted by molar-refractivity contribution is -0.133. The average Bonchev–Trinajstić information content (AvgIpc) is 3.28. The number of nitrogens with zero attached hydrogens (tertiary/aromatic N) is 1. The number of carbonyl (C=O) groups excluding carboxylic acids is 1. The minimum atomic E-state index is -0.365. The van der Waals surface area contributed by atoms with E-state index in [1.807, 2.05) is 0 Å². The van der Waals surface area contributed by atoms with Gasteiger partial charge >= 0.3 is 5.97 Å². The van der Waals surface area contributed by atoms with E-state index in [0.29, 0.717) is 34.8 Å². The molecule has 6 atom stereocenters. The number of piperidine rings is 1. The van der Waals surface area contributed by atoms with Gasteiger partial charge in [-0.15, -0.1) is 0 Å². The van der Waals surface area contributed by atoms with Crippen molar-refractivity contribution < 1.29 is 24.1 Å². The van der Waals surface area contributed by atoms with Gasteiger partial charge in [-0.3, -0.25) is 4.90 Å². The fourth-order valence-corrected chi connectivity index (χ4v) is 7.70. The van der Waals surface area contributed by atoms with Crippen LogP contribution in [0.3, 0.4) is 0 Å². The molecule has 0 aromatic rings. The number of aliphatic hydroxyl groups excluding tert-OH is 1. The molecule has 3 fully saturated rings. The smallest absolute Gasteiger partial charge is 0.343 e. The number of methoxy groups -OCH3 is 1. The molecule has 0 aromatic heterocycles. The molecule has 5 aliphatic rings. The number of rotatable bonds is 6. The van der Waals surface area contributed by atoms with Crippen molar-refractivity contribution in [2.45, 2.75) is 110 Å². The van der Waals surface area contributed by atoms with Crippen molar-refractivity contribution in [1.82, 2.24) is 4.90 Å². The van der Waals surface area contributed by atoms with Gasteiger partial charge in [-0.2, -0.15) is 0 Å². The van der Waals surface area contributed by atoms with Gasteiger partial charge < -0.3 is 19.3 Å². The molecule has 4 aliphatic heterocycles. The first kappa shape index (κ1) is 25.8. The number of hydrogen-bond donors (Lipinski definition) is 1. The van der Waals surface area contributed by atoms with Crippen LogP contribution in [0.5, 0.6) is 0 Å². The van der Waals surface area contributed by atoms with E-state index in [-0.39, 0.29) is 30.0 Å². The Kier molecular flexibility index (Phi) is 7.83. The number of hydrogen-bond acceptors (Lipinski definition) is 6. The van der Waals surface area contributed by atoms with Gasteiger partial charge in [-0.25, -0.2) is 4.79 Å². The lowest BCUT2D eigenvalue weighted by Crippen LogP contribution is -2.54. The lowest BCUT2D eigenvalue weighted by atomic mass is 9.77. The standard InChI is InChI=1S/C30H45NO5/c1-18(21-10-6-5-7-11-21)15-16-24(32)22-12-8-13-23-26-19(2)28(35-25(26)14-9-17-31(22)23)29-27(34-4)20(3)30(33)36-29/h14,18-19,21-24,26,32H,5-13,15-17H2,1-4H3. The highest BCUT2D eigenvalue weighted by Gasteiger charge is 2.49. The highest BCUT2D eigenvalue weighted by Crippen LogP contribution is 2.49. The molecule has 6 unspecified atom stereocenters. The van der Waals surface area contributed by atoms with Gasteiger partial charge in [0.1, 0.15) is 5.76 Å². The molecule has 0 radical (unpaired) electrons. The Morgan fingerprint density at radius 1 is 1.11 bits per heavy atom. The number of esters is 1. The predicted molar refractivity (Wildman–Crippen MR) is 138 cm³/mol. The third-order valence-corrected chi connectivity index (χ3v) is 9.80. The van der Waals surface area contributed by atoms with Gasteiger partial charge in [-0.1, -0.05) is 52.4 Å². The summed E-state index contributed by atoms with van der Waals surface area (Å²) in [6, 6.07) is 0.532. The van der Waals surface area contributed by atoms with Crippen LogP contribution >= 0.6 is 0 Å². The summed E-state index contributed by atoms with van der Waals surface area (Å²) < 4.78 is 17.5. The van der Waals surface area contributed by atoms with Crippen LogP contribution in [-0.2, 0) is 19.0 Å². The van der Waals surface area contributed by atoms with Crippen LogP contribution < -0.4 is 0 Å². The van der Waals surface area contributed by atoms with E-state index in [2.05, 4.69) is 24.8 Å². The SMILES string of the molecule is COC1=C(C)C(=O)OC1=C1OC2=CCCN3C(C(O)CCC(C)C4CCCCC4)CCCC3C2C1C. The molecule has 5 rings (SSSR count). The summed E-state index contributed by atoms with van der Waals surface area (Å²) in [5.74, 6) is 4.08. The molecular weight excluding hydrogens is 454 g/mol. The van der Waals surface area contributed by atoms with E-state index < -0.39 is 0 Å². The molecule has 36 heavy (non-hydrogen) atoms. The van der Waals surface area contributed by atoms with Gasteiger partial charge in [0.2, 0.25) is 5.76 Å². The van der Waals surface area contributed by atoms with Gasteiger partial charge in [0.25, 0.3) is 0 Å². The molecule has 0 spiro atoms. The van der Waals surface area contributed by atoms with E-state index in [0.717, 1.165) is 56.7 Å². The van der Waals surface area contributed by atoms with E-state index >= 15 is 0 Å². The first-order chi connectivity index (χ1) is 17.4. The van der Waals surface area contributed by atoms with E-state index in [4.69, 9.17) is 14.2 Å². The molecule has 0 aromatic carbocycles. The molecule has 200 valence electrons. The third-order valence-electron chi connectivity index (χ3n) is 9.80. The largest absolute Gasteiger partial charge is 0.492 e. The maximum atomic E-state index is 12.2. The maximum Gasteiger partial charge on any atom is 0.343 e. The molecule has 6 heteroatoms. The highest BCUT2D eigenvalue weighted by atomic mass is 16.6. The van der Waals surface area contributed by atoms with Crippen molar-refractivity contribution in [3.8, 4) is 0 Å². The van der Waals surface area contributed by atoms with Crippen molar-refractivity contribution in [3.05, 3.63) is 34.7 Å². The fourth-order valence-electron chi connectivity index (χ4n) is 7.70. The molecule has 0 amide bonds. The van der Waals surface area contributed by atoms with Crippen molar-refractivity contribution in [2.75, 3.05) is 13.7 Å². The van der Waals surface area contributed by atoms with Gasteiger partial charge in [-0.05, 0) is 56.9 Å². The van der Waals surface area contributed by atoms with Crippen molar-refractivity contribution >= 4 is 5.97 Å². The second-order valence-corrected chi connectivity index (χ2v) is 11.9. The molecule has 6 nitrogen and oxygen atoms in total. The highest BCUT2D eigenvalue weighted by molar-refractivity contribution is 5.93. The van der Waals surface area contributed by atoms with Crippen LogP contribution in [0.25, 0.3) is 0 Å². The maximum absolute atomic E-state index is 12.2. The van der Waals surface area contributed by atoms with Crippen molar-refractivity contribution in [2.24, 2.45) is 23.7 Å². The monoisotopic (exact) mass is 499 g/mol. The summed E-state index contributed by atoms with van der Waals surface area (Å²) in [5, 5.41) is 11.4. The number of ether oxygens (including phenoxy) is 3. The Morgan fingerprint density at radius 3 is 2.64 bits per heavy atom. The number of fused-ring (bicyclic) bond motifs is 3. The van der Waals surface area contributed by atoms with Gasteiger partial charge in [0, 0.05) is 30.5 Å². The molecule has 0 bridgehead atoms. The summed E-state index contributed by atoms with van der Waals surface area (Å²) in [6.45, 7) is 7.28. The van der Waals surface area contributed by atoms with E-state index in [1.54, 1.807) is 14.0 Å². The Hall–Kier alpha value is -1.79. The molecule has 1 N–H and O–H groups in total. The molecular formula is C30H45NO5. The Morgan fingerprint density at radius 2 is 1.89 bits per heavy atom. The van der Waals surface area contributed by atoms with E-state index in [9.17, 15) is 9.90 Å². The third kappa shape index (κ3) is 4.76. The first-order valence-electron chi connectivity index (χ1n) is 14.4. The zero-order chi connectivity index (χ0) is 25.4. The fraction of sp³-hybridized carbons (Fsp3) is 0.767. The van der Waals surface area contributed by atoms with Crippen molar-refractivity contribution in [1.29, 1.82) is 0 Å². The number of aliphatic hydroxyl groups is 1. The number of cyclic esters (lactones) is 1. The van der Waals surface area contributed by atoms with Crippen LogP contribution in [0.2, 0.25) is 0 Å². The summed E-state index contributed by atoms with van der Waals surface area (Å²) in [4.78, 5) is 14.8. The number of carbonyl (C=O) groups is 1. The zero-order valence-corrected chi connectivity index (χ0v) is 22.6. The molecule has 2 saturated heterocycles. The molecule has 4 heterocycles. The van der Waals surface area contributed by atoms with Crippen LogP contribution in [0, 0.1) is 23.7 Å². The second-order valence-electron chi connectivity index (χ2n) is 11.9. The Balaban J connectivity index is 1.30. The van der Waals surface area contributed by atoms with Crippen molar-refractivity contribution in [3.63, 3.8) is 0 Å². The topological polar surface area (TPSA) is 68.2 Å². The quantitative estimate of drug-likeness (QED) is 0.464. The van der Waals surface area contributed by atoms with E-state index in [1.165, 1.54) is 32.1 Å². The molecule has 1 aliphatic carbocycles. The normalized spacial score (nSPS) is 35.4. The van der Waals surface area contributed by atoms with Gasteiger partial charge in [0.05, 0.1) is 18.8 Å². The second kappa shape index (κ2) is 10.9. The first-order valence-corrected chi connectivity index (χ1v) is 14.4. The minimum Gasteiger partial charge on any atom is -0.492 e. The average molecular weight is 500 g/mol. The molecule has 1 saturated carbocycles. The van der Waals surface area contributed by atoms with Crippen LogP contribution in [0.1, 0.15) is 91.4 Å². The lowest BCUT2D eigenvalue weighted by Gasteiger charge is -2.46. The van der Waals surface area contributed by atoms with Gasteiger partial charge in [0.15, 0.2) is 11.5 Å². The summed E-state index contributed by atoms with van der Waals surface area (Å²) in [5.41, 5.74) is 0.488. The Bertz CT molecular complexity index is 930. The minimum absolute atomic E-state index is 0.0721.